The molecule has 1 aromatic rings. The van der Waals surface area contributed by atoms with Gasteiger partial charge in [-0.15, -0.1) is 0 Å². The first kappa shape index (κ1) is 10.8. The standard InChI is InChI=1S/C13H17N/c1-4-11-6-5-7-12(10-11)8-9-13(2,3)14/h5-7,10H,4,14H2,1-3H3. The van der Waals surface area contributed by atoms with E-state index in [1.165, 1.54) is 5.56 Å². The third-order valence-corrected chi connectivity index (χ3v) is 1.86. The van der Waals surface area contributed by atoms with Gasteiger partial charge in [0.15, 0.2) is 0 Å². The molecular formula is C13H17N. The third kappa shape index (κ3) is 3.64. The van der Waals surface area contributed by atoms with Crippen LogP contribution in [0.5, 0.6) is 0 Å². The van der Waals surface area contributed by atoms with Gasteiger partial charge >= 0.3 is 0 Å². The average Bonchev–Trinajstić information content (AvgIpc) is 2.14. The van der Waals surface area contributed by atoms with Crippen LogP contribution in [0.3, 0.4) is 0 Å². The highest BCUT2D eigenvalue weighted by Gasteiger charge is 2.03. The number of rotatable bonds is 1. The maximum atomic E-state index is 5.78. The van der Waals surface area contributed by atoms with Crippen molar-refractivity contribution in [2.45, 2.75) is 32.7 Å². The molecule has 0 bridgehead atoms. The van der Waals surface area contributed by atoms with Crippen LogP contribution in [0.15, 0.2) is 24.3 Å². The highest BCUT2D eigenvalue weighted by Crippen LogP contribution is 2.05. The summed E-state index contributed by atoms with van der Waals surface area (Å²) in [4.78, 5) is 0. The molecule has 0 aromatic heterocycles. The summed E-state index contributed by atoms with van der Waals surface area (Å²) in [7, 11) is 0. The average molecular weight is 187 g/mol. The van der Waals surface area contributed by atoms with Crippen LogP contribution in [0.4, 0.5) is 0 Å². The summed E-state index contributed by atoms with van der Waals surface area (Å²) >= 11 is 0. The molecule has 2 N–H and O–H groups in total. The Kier molecular flexibility index (Phi) is 3.33. The minimum absolute atomic E-state index is 0.414. The maximum absolute atomic E-state index is 5.78. The first-order chi connectivity index (χ1) is 6.51. The lowest BCUT2D eigenvalue weighted by Gasteiger charge is -2.07. The van der Waals surface area contributed by atoms with E-state index in [0.29, 0.717) is 0 Å². The Labute approximate surface area is 86.3 Å². The fraction of sp³-hybridized carbons (Fsp3) is 0.385. The Bertz CT molecular complexity index is 361. The Hall–Kier alpha value is -1.26. The molecule has 1 aromatic carbocycles. The largest absolute Gasteiger partial charge is 0.316 e. The summed E-state index contributed by atoms with van der Waals surface area (Å²) in [6.07, 6.45) is 1.04. The van der Waals surface area contributed by atoms with Gasteiger partial charge < -0.3 is 5.73 Å². The highest BCUT2D eigenvalue weighted by molar-refractivity contribution is 5.38. The van der Waals surface area contributed by atoms with Crippen molar-refractivity contribution < 1.29 is 0 Å². The molecule has 0 saturated carbocycles. The van der Waals surface area contributed by atoms with Crippen LogP contribution < -0.4 is 5.73 Å². The monoisotopic (exact) mass is 187 g/mol. The molecule has 0 radical (unpaired) electrons. The van der Waals surface area contributed by atoms with Crippen LogP contribution in [0.25, 0.3) is 0 Å². The zero-order chi connectivity index (χ0) is 10.6. The SMILES string of the molecule is CCc1cccc(C#CC(C)(C)N)c1. The van der Waals surface area contributed by atoms with Crippen LogP contribution in [0.2, 0.25) is 0 Å². The molecule has 14 heavy (non-hydrogen) atoms. The van der Waals surface area contributed by atoms with Crippen molar-refractivity contribution >= 4 is 0 Å². The van der Waals surface area contributed by atoms with Gasteiger partial charge in [-0.1, -0.05) is 30.9 Å². The van der Waals surface area contributed by atoms with E-state index in [-0.39, 0.29) is 0 Å². The van der Waals surface area contributed by atoms with Crippen molar-refractivity contribution in [2.24, 2.45) is 5.73 Å². The molecule has 1 rings (SSSR count). The number of aryl methyl sites for hydroxylation is 1. The van der Waals surface area contributed by atoms with E-state index in [2.05, 4.69) is 30.9 Å². The lowest BCUT2D eigenvalue weighted by atomic mass is 10.1. The summed E-state index contributed by atoms with van der Waals surface area (Å²) in [5, 5.41) is 0. The Morgan fingerprint density at radius 3 is 2.64 bits per heavy atom. The number of nitrogens with two attached hydrogens (primary N) is 1. The molecule has 0 heterocycles. The van der Waals surface area contributed by atoms with E-state index in [0.717, 1.165) is 12.0 Å². The fourth-order valence-corrected chi connectivity index (χ4v) is 1.10. The highest BCUT2D eigenvalue weighted by atomic mass is 14.7. The first-order valence-electron chi connectivity index (χ1n) is 4.92. The van der Waals surface area contributed by atoms with Crippen molar-refractivity contribution in [2.75, 3.05) is 0 Å². The van der Waals surface area contributed by atoms with E-state index in [4.69, 9.17) is 5.73 Å². The molecule has 74 valence electrons. The van der Waals surface area contributed by atoms with Gasteiger partial charge in [0.1, 0.15) is 0 Å². The lowest BCUT2D eigenvalue weighted by molar-refractivity contribution is 0.680. The lowest BCUT2D eigenvalue weighted by Crippen LogP contribution is -2.29. The molecule has 0 unspecified atom stereocenters. The summed E-state index contributed by atoms with van der Waals surface area (Å²) in [6, 6.07) is 8.27. The fourth-order valence-electron chi connectivity index (χ4n) is 1.10. The second-order valence-corrected chi connectivity index (χ2v) is 4.03. The molecule has 0 saturated heterocycles. The predicted molar refractivity (Wildman–Crippen MR) is 61.0 cm³/mol. The molecule has 0 amide bonds. The van der Waals surface area contributed by atoms with Crippen molar-refractivity contribution in [3.05, 3.63) is 35.4 Å². The molecule has 0 fully saturated rings. The molecule has 1 nitrogen and oxygen atoms in total. The van der Waals surface area contributed by atoms with Gasteiger partial charge in [-0.3, -0.25) is 0 Å². The topological polar surface area (TPSA) is 26.0 Å². The van der Waals surface area contributed by atoms with Crippen LogP contribution in [-0.4, -0.2) is 5.54 Å². The van der Waals surface area contributed by atoms with Crippen molar-refractivity contribution in [3.63, 3.8) is 0 Å². The van der Waals surface area contributed by atoms with Gasteiger partial charge in [0.05, 0.1) is 5.54 Å². The molecule has 0 aliphatic heterocycles. The van der Waals surface area contributed by atoms with Gasteiger partial charge in [-0.05, 0) is 38.0 Å². The van der Waals surface area contributed by atoms with Crippen molar-refractivity contribution in [1.82, 2.24) is 0 Å². The van der Waals surface area contributed by atoms with Gasteiger partial charge in [-0.2, -0.15) is 0 Å². The molecule has 0 spiro atoms. The first-order valence-corrected chi connectivity index (χ1v) is 4.92. The normalized spacial score (nSPS) is 10.6. The van der Waals surface area contributed by atoms with E-state index in [9.17, 15) is 0 Å². The van der Waals surface area contributed by atoms with Crippen LogP contribution in [-0.2, 0) is 6.42 Å². The quantitative estimate of drug-likeness (QED) is 0.671. The Balaban J connectivity index is 2.90. The smallest absolute Gasteiger partial charge is 0.0722 e. The minimum atomic E-state index is -0.414. The maximum Gasteiger partial charge on any atom is 0.0722 e. The molecular weight excluding hydrogens is 170 g/mol. The molecule has 0 atom stereocenters. The van der Waals surface area contributed by atoms with E-state index in [1.807, 2.05) is 26.0 Å². The Morgan fingerprint density at radius 2 is 2.07 bits per heavy atom. The number of hydrogen-bond donors (Lipinski definition) is 1. The van der Waals surface area contributed by atoms with Gasteiger partial charge in [0.25, 0.3) is 0 Å². The molecule has 0 aliphatic rings. The zero-order valence-electron chi connectivity index (χ0n) is 9.09. The third-order valence-electron chi connectivity index (χ3n) is 1.86. The van der Waals surface area contributed by atoms with Crippen molar-refractivity contribution in [3.8, 4) is 11.8 Å². The second-order valence-electron chi connectivity index (χ2n) is 4.03. The van der Waals surface area contributed by atoms with E-state index < -0.39 is 5.54 Å². The Morgan fingerprint density at radius 1 is 1.36 bits per heavy atom. The zero-order valence-corrected chi connectivity index (χ0v) is 9.09. The number of hydrogen-bond acceptors (Lipinski definition) is 1. The molecule has 1 heteroatoms. The van der Waals surface area contributed by atoms with Crippen LogP contribution in [0.1, 0.15) is 31.9 Å². The summed E-state index contributed by atoms with van der Waals surface area (Å²) < 4.78 is 0. The summed E-state index contributed by atoms with van der Waals surface area (Å²) in [5.74, 6) is 6.10. The molecule has 0 aliphatic carbocycles. The van der Waals surface area contributed by atoms with E-state index in [1.54, 1.807) is 0 Å². The summed E-state index contributed by atoms with van der Waals surface area (Å²) in [6.45, 7) is 5.95. The van der Waals surface area contributed by atoms with Crippen molar-refractivity contribution in [1.29, 1.82) is 0 Å². The van der Waals surface area contributed by atoms with Gasteiger partial charge in [0, 0.05) is 5.56 Å². The van der Waals surface area contributed by atoms with Crippen LogP contribution in [0, 0.1) is 11.8 Å². The predicted octanol–water partition coefficient (Wildman–Crippen LogP) is 2.34. The minimum Gasteiger partial charge on any atom is -0.316 e. The van der Waals surface area contributed by atoms with Gasteiger partial charge in [0.2, 0.25) is 0 Å². The van der Waals surface area contributed by atoms with Crippen LogP contribution >= 0.6 is 0 Å². The van der Waals surface area contributed by atoms with Gasteiger partial charge in [-0.25, -0.2) is 0 Å². The number of benzene rings is 1. The summed E-state index contributed by atoms with van der Waals surface area (Å²) in [5.41, 5.74) is 7.72. The van der Waals surface area contributed by atoms with E-state index >= 15 is 0 Å². The second kappa shape index (κ2) is 4.30.